The highest BCUT2D eigenvalue weighted by Gasteiger charge is 2.26. The second-order valence-corrected chi connectivity index (χ2v) is 6.63. The second kappa shape index (κ2) is 5.71. The number of ether oxygens (including phenoxy) is 1. The molecular formula is C13H22N4O4. The average molecular weight is 298 g/mol. The monoisotopic (exact) mass is 298 g/mol. The van der Waals surface area contributed by atoms with Gasteiger partial charge in [-0.15, -0.1) is 5.10 Å². The summed E-state index contributed by atoms with van der Waals surface area (Å²) in [7, 11) is 0. The van der Waals surface area contributed by atoms with Gasteiger partial charge in [-0.3, -0.25) is 0 Å². The maximum atomic E-state index is 11.7. The summed E-state index contributed by atoms with van der Waals surface area (Å²) >= 11 is 0. The Hall–Kier alpha value is -2.12. The first-order chi connectivity index (χ1) is 9.42. The van der Waals surface area contributed by atoms with Crippen molar-refractivity contribution in [3.05, 3.63) is 11.4 Å². The third-order valence-corrected chi connectivity index (χ3v) is 2.40. The van der Waals surface area contributed by atoms with Gasteiger partial charge in [0, 0.05) is 0 Å². The van der Waals surface area contributed by atoms with Gasteiger partial charge in [0.1, 0.15) is 5.60 Å². The van der Waals surface area contributed by atoms with Gasteiger partial charge in [0.25, 0.3) is 0 Å². The number of hydrogen-bond acceptors (Lipinski definition) is 5. The van der Waals surface area contributed by atoms with Crippen LogP contribution in [0.15, 0.2) is 0 Å². The maximum Gasteiger partial charge on any atom is 0.407 e. The molecule has 8 nitrogen and oxygen atoms in total. The van der Waals surface area contributed by atoms with Crippen LogP contribution >= 0.6 is 0 Å². The number of carboxylic acid groups (broad SMARTS) is 1. The fourth-order valence-electron chi connectivity index (χ4n) is 1.64. The Bertz CT molecular complexity index is 537. The molecule has 2 N–H and O–H groups in total. The molecule has 1 rings (SSSR count). The summed E-state index contributed by atoms with van der Waals surface area (Å²) in [4.78, 5) is 22.8. The maximum absolute atomic E-state index is 11.7. The van der Waals surface area contributed by atoms with E-state index < -0.39 is 23.2 Å². The number of hydrogen-bond donors (Lipinski definition) is 2. The van der Waals surface area contributed by atoms with E-state index in [2.05, 4.69) is 15.6 Å². The minimum absolute atomic E-state index is 0.0270. The van der Waals surface area contributed by atoms with E-state index in [0.29, 0.717) is 5.69 Å². The summed E-state index contributed by atoms with van der Waals surface area (Å²) in [6.07, 6.45) is -0.625. The lowest BCUT2D eigenvalue weighted by Gasteiger charge is -2.22. The lowest BCUT2D eigenvalue weighted by Crippen LogP contribution is -2.34. The van der Waals surface area contributed by atoms with Crippen molar-refractivity contribution in [1.29, 1.82) is 0 Å². The molecule has 8 heteroatoms. The number of carbonyl (C=O) groups is 2. The summed E-state index contributed by atoms with van der Waals surface area (Å²) in [5, 5.41) is 19.2. The topological polar surface area (TPSA) is 106 Å². The Morgan fingerprint density at radius 1 is 1.24 bits per heavy atom. The van der Waals surface area contributed by atoms with Crippen molar-refractivity contribution in [2.24, 2.45) is 0 Å². The molecule has 1 aromatic rings. The summed E-state index contributed by atoms with van der Waals surface area (Å²) < 4.78 is 6.59. The Balaban J connectivity index is 2.94. The van der Waals surface area contributed by atoms with E-state index in [0.717, 1.165) is 0 Å². The van der Waals surface area contributed by atoms with Crippen LogP contribution in [-0.2, 0) is 16.8 Å². The highest BCUT2D eigenvalue weighted by molar-refractivity contribution is 5.86. The summed E-state index contributed by atoms with van der Waals surface area (Å²) in [6, 6.07) is 0. The van der Waals surface area contributed by atoms with E-state index in [1.807, 2.05) is 20.8 Å². The smallest absolute Gasteiger partial charge is 0.407 e. The van der Waals surface area contributed by atoms with Crippen LogP contribution in [0.25, 0.3) is 0 Å². The first-order valence-electron chi connectivity index (χ1n) is 6.57. The summed E-state index contributed by atoms with van der Waals surface area (Å²) in [5.41, 5.74) is -0.935. The molecular weight excluding hydrogens is 276 g/mol. The second-order valence-electron chi connectivity index (χ2n) is 6.63. The zero-order valence-electron chi connectivity index (χ0n) is 13.2. The molecule has 0 radical (unpaired) electrons. The first kappa shape index (κ1) is 16.9. The average Bonchev–Trinajstić information content (AvgIpc) is 2.66. The van der Waals surface area contributed by atoms with Crippen molar-refractivity contribution in [2.75, 3.05) is 0 Å². The van der Waals surface area contributed by atoms with Crippen molar-refractivity contribution in [3.63, 3.8) is 0 Å². The van der Waals surface area contributed by atoms with E-state index in [1.165, 1.54) is 4.68 Å². The molecule has 0 unspecified atom stereocenters. The molecule has 1 amide bonds. The number of amides is 1. The third kappa shape index (κ3) is 4.73. The van der Waals surface area contributed by atoms with Gasteiger partial charge in [-0.2, -0.15) is 0 Å². The zero-order valence-corrected chi connectivity index (χ0v) is 13.2. The highest BCUT2D eigenvalue weighted by Crippen LogP contribution is 2.17. The normalized spacial score (nSPS) is 12.1. The summed E-state index contributed by atoms with van der Waals surface area (Å²) in [6.45, 7) is 10.8. The molecule has 1 aromatic heterocycles. The molecule has 0 saturated carbocycles. The number of rotatable bonds is 3. The van der Waals surface area contributed by atoms with Gasteiger partial charge in [-0.1, -0.05) is 5.21 Å². The molecule has 0 aliphatic heterocycles. The van der Waals surface area contributed by atoms with Crippen molar-refractivity contribution in [2.45, 2.75) is 59.2 Å². The van der Waals surface area contributed by atoms with Crippen LogP contribution in [0.1, 0.15) is 57.7 Å². The van der Waals surface area contributed by atoms with E-state index in [4.69, 9.17) is 9.84 Å². The van der Waals surface area contributed by atoms with Gasteiger partial charge in [0.2, 0.25) is 0 Å². The third-order valence-electron chi connectivity index (χ3n) is 2.40. The molecule has 0 fully saturated rings. The minimum atomic E-state index is -1.19. The fraction of sp³-hybridized carbons (Fsp3) is 0.692. The van der Waals surface area contributed by atoms with Crippen LogP contribution in [0.5, 0.6) is 0 Å². The van der Waals surface area contributed by atoms with Gasteiger partial charge >= 0.3 is 12.1 Å². The van der Waals surface area contributed by atoms with Crippen molar-refractivity contribution < 1.29 is 19.4 Å². The molecule has 0 atom stereocenters. The van der Waals surface area contributed by atoms with E-state index in [9.17, 15) is 9.59 Å². The number of carboxylic acids is 1. The van der Waals surface area contributed by atoms with Gasteiger partial charge in [-0.05, 0) is 41.5 Å². The van der Waals surface area contributed by atoms with Crippen LogP contribution in [0, 0.1) is 0 Å². The standard InChI is InChI=1S/C13H22N4O4/c1-12(2,3)17-8(9(10(18)19)15-16-17)7-14-11(20)21-13(4,5)6/h7H2,1-6H3,(H,14,20)(H,18,19). The molecule has 0 spiro atoms. The number of nitrogens with one attached hydrogen (secondary N) is 1. The van der Waals surface area contributed by atoms with Gasteiger partial charge in [0.15, 0.2) is 5.69 Å². The predicted molar refractivity (Wildman–Crippen MR) is 75.1 cm³/mol. The van der Waals surface area contributed by atoms with Crippen molar-refractivity contribution >= 4 is 12.1 Å². The van der Waals surface area contributed by atoms with Crippen molar-refractivity contribution in [1.82, 2.24) is 20.3 Å². The predicted octanol–water partition coefficient (Wildman–Crippen LogP) is 1.76. The first-order valence-corrected chi connectivity index (χ1v) is 6.57. The SMILES string of the molecule is CC(C)(C)OC(=O)NCc1c(C(=O)O)nnn1C(C)(C)C. The molecule has 118 valence electrons. The van der Waals surface area contributed by atoms with Crippen molar-refractivity contribution in [3.8, 4) is 0 Å². The molecule has 0 aliphatic rings. The molecule has 0 saturated heterocycles. The van der Waals surface area contributed by atoms with Crippen LogP contribution in [0.2, 0.25) is 0 Å². The molecule has 0 aliphatic carbocycles. The Morgan fingerprint density at radius 3 is 2.24 bits per heavy atom. The van der Waals surface area contributed by atoms with E-state index >= 15 is 0 Å². The lowest BCUT2D eigenvalue weighted by molar-refractivity contribution is 0.0518. The fourth-order valence-corrected chi connectivity index (χ4v) is 1.64. The van der Waals surface area contributed by atoms with Gasteiger partial charge in [0.05, 0.1) is 17.8 Å². The highest BCUT2D eigenvalue weighted by atomic mass is 16.6. The largest absolute Gasteiger partial charge is 0.476 e. The summed E-state index contributed by atoms with van der Waals surface area (Å²) in [5.74, 6) is -1.19. The van der Waals surface area contributed by atoms with Crippen LogP contribution in [0.4, 0.5) is 4.79 Å². The minimum Gasteiger partial charge on any atom is -0.476 e. The number of aromatic nitrogens is 3. The molecule has 0 aromatic carbocycles. The quantitative estimate of drug-likeness (QED) is 0.880. The van der Waals surface area contributed by atoms with Gasteiger partial charge < -0.3 is 15.2 Å². The van der Waals surface area contributed by atoms with Crippen LogP contribution in [0.3, 0.4) is 0 Å². The Labute approximate surface area is 123 Å². The Morgan fingerprint density at radius 2 is 1.81 bits per heavy atom. The zero-order chi connectivity index (χ0) is 16.4. The van der Waals surface area contributed by atoms with Gasteiger partial charge in [-0.25, -0.2) is 14.3 Å². The number of nitrogens with zero attached hydrogens (tertiary/aromatic N) is 3. The van der Waals surface area contributed by atoms with Crippen LogP contribution in [-0.4, -0.2) is 37.8 Å². The van der Waals surface area contributed by atoms with E-state index in [-0.39, 0.29) is 12.2 Å². The number of alkyl carbamates (subject to hydrolysis) is 1. The number of aromatic carboxylic acids is 1. The molecule has 21 heavy (non-hydrogen) atoms. The number of carbonyl (C=O) groups excluding carboxylic acids is 1. The molecule has 0 bridgehead atoms. The van der Waals surface area contributed by atoms with Crippen LogP contribution < -0.4 is 5.32 Å². The Kier molecular flexibility index (Phi) is 4.60. The van der Waals surface area contributed by atoms with E-state index in [1.54, 1.807) is 20.8 Å². The molecule has 1 heterocycles. The lowest BCUT2D eigenvalue weighted by atomic mass is 10.1.